The molecule has 30 heavy (non-hydrogen) atoms. The molecule has 0 fully saturated rings. The fourth-order valence-electron chi connectivity index (χ4n) is 3.54. The number of thioether (sulfide) groups is 1. The van der Waals surface area contributed by atoms with E-state index in [0.29, 0.717) is 39.9 Å². The first kappa shape index (κ1) is 21.7. The molecule has 0 aliphatic carbocycles. The van der Waals surface area contributed by atoms with Crippen LogP contribution >= 0.6 is 11.8 Å². The van der Waals surface area contributed by atoms with E-state index >= 15 is 0 Å². The predicted molar refractivity (Wildman–Crippen MR) is 114 cm³/mol. The number of nitrogens with two attached hydrogens (primary N) is 1. The second-order valence-electron chi connectivity index (χ2n) is 6.85. The Labute approximate surface area is 179 Å². The van der Waals surface area contributed by atoms with E-state index in [1.807, 2.05) is 13.1 Å². The van der Waals surface area contributed by atoms with E-state index in [4.69, 9.17) is 24.9 Å². The molecular formula is C21H24N4O4S. The molecule has 1 aromatic heterocycles. The van der Waals surface area contributed by atoms with Gasteiger partial charge in [-0.2, -0.15) is 5.26 Å². The lowest BCUT2D eigenvalue weighted by atomic mass is 9.91. The number of nitrogens with zero attached hydrogens (tertiary/aromatic N) is 3. The lowest BCUT2D eigenvalue weighted by molar-refractivity contribution is -0.115. The number of carbonyl (C=O) groups is 1. The molecule has 1 aromatic carbocycles. The van der Waals surface area contributed by atoms with Crippen molar-refractivity contribution in [1.82, 2.24) is 9.88 Å². The summed E-state index contributed by atoms with van der Waals surface area (Å²) in [6.45, 7) is 1.50. The molecule has 1 aliphatic rings. The number of rotatable bonds is 7. The number of nitriles is 1. The number of methoxy groups -OCH3 is 3. The number of aromatic nitrogens is 1. The van der Waals surface area contributed by atoms with Crippen molar-refractivity contribution in [3.63, 3.8) is 0 Å². The van der Waals surface area contributed by atoms with Crippen LogP contribution in [-0.4, -0.2) is 56.5 Å². The number of carbonyl (C=O) groups excluding carboxylic acids is 1. The molecule has 8 nitrogen and oxygen atoms in total. The maximum Gasteiger partial charge on any atom is 0.227 e. The molecule has 0 spiro atoms. The van der Waals surface area contributed by atoms with Gasteiger partial charge in [0.15, 0.2) is 11.5 Å². The molecule has 2 aromatic rings. The smallest absolute Gasteiger partial charge is 0.227 e. The summed E-state index contributed by atoms with van der Waals surface area (Å²) >= 11 is 1.17. The molecule has 2 heterocycles. The summed E-state index contributed by atoms with van der Waals surface area (Å²) in [6, 6.07) is 5.84. The fourth-order valence-corrected chi connectivity index (χ4v) is 4.29. The van der Waals surface area contributed by atoms with Crippen molar-refractivity contribution in [3.05, 3.63) is 29.0 Å². The van der Waals surface area contributed by atoms with Crippen molar-refractivity contribution in [2.24, 2.45) is 5.73 Å². The normalized spacial score (nSPS) is 13.3. The lowest BCUT2D eigenvalue weighted by Gasteiger charge is -2.28. The van der Waals surface area contributed by atoms with E-state index in [1.165, 1.54) is 11.8 Å². The van der Waals surface area contributed by atoms with Gasteiger partial charge >= 0.3 is 0 Å². The van der Waals surface area contributed by atoms with Crippen molar-refractivity contribution in [2.45, 2.75) is 18.0 Å². The van der Waals surface area contributed by atoms with Crippen molar-refractivity contribution in [1.29, 1.82) is 5.26 Å². The van der Waals surface area contributed by atoms with Crippen molar-refractivity contribution >= 4 is 17.7 Å². The van der Waals surface area contributed by atoms with Gasteiger partial charge in [-0.15, -0.1) is 0 Å². The monoisotopic (exact) mass is 428 g/mol. The molecule has 0 radical (unpaired) electrons. The minimum atomic E-state index is -0.464. The Balaban J connectivity index is 2.33. The maximum atomic E-state index is 11.3. The van der Waals surface area contributed by atoms with Crippen molar-refractivity contribution in [3.8, 4) is 34.4 Å². The molecule has 2 N–H and O–H groups in total. The van der Waals surface area contributed by atoms with Crippen LogP contribution in [0, 0.1) is 11.3 Å². The summed E-state index contributed by atoms with van der Waals surface area (Å²) in [5, 5.41) is 10.5. The Hall–Kier alpha value is -2.96. The topological polar surface area (TPSA) is 111 Å². The van der Waals surface area contributed by atoms with Gasteiger partial charge in [-0.25, -0.2) is 4.98 Å². The Kier molecular flexibility index (Phi) is 6.70. The van der Waals surface area contributed by atoms with Crippen LogP contribution in [0.15, 0.2) is 17.2 Å². The van der Waals surface area contributed by atoms with E-state index in [-0.39, 0.29) is 5.75 Å². The van der Waals surface area contributed by atoms with Gasteiger partial charge in [-0.05, 0) is 18.7 Å². The quantitative estimate of drug-likeness (QED) is 0.668. The SMILES string of the molecule is COc1cc(OC)c(-c2c(C#N)c(SCC(N)=O)nc3c2CN(C)CC3)cc1OC. The van der Waals surface area contributed by atoms with Gasteiger partial charge in [0.05, 0.1) is 32.6 Å². The lowest BCUT2D eigenvalue weighted by Crippen LogP contribution is -2.28. The number of primary amides is 1. The van der Waals surface area contributed by atoms with Gasteiger partial charge < -0.3 is 24.8 Å². The number of pyridine rings is 1. The Morgan fingerprint density at radius 3 is 2.50 bits per heavy atom. The Bertz CT molecular complexity index is 1020. The Morgan fingerprint density at radius 1 is 1.23 bits per heavy atom. The highest BCUT2D eigenvalue weighted by atomic mass is 32.2. The summed E-state index contributed by atoms with van der Waals surface area (Å²) in [6.07, 6.45) is 0.740. The summed E-state index contributed by atoms with van der Waals surface area (Å²) in [5.74, 6) is 1.19. The molecule has 0 bridgehead atoms. The fraction of sp³-hybridized carbons (Fsp3) is 0.381. The van der Waals surface area contributed by atoms with Gasteiger partial charge in [-0.1, -0.05) is 11.8 Å². The van der Waals surface area contributed by atoms with Crippen LogP contribution in [-0.2, 0) is 17.8 Å². The summed E-state index contributed by atoms with van der Waals surface area (Å²) in [7, 11) is 6.71. The highest BCUT2D eigenvalue weighted by Crippen LogP contribution is 2.45. The van der Waals surface area contributed by atoms with E-state index in [2.05, 4.69) is 11.0 Å². The number of hydrogen-bond donors (Lipinski definition) is 1. The van der Waals surface area contributed by atoms with E-state index in [9.17, 15) is 10.1 Å². The van der Waals surface area contributed by atoms with Gasteiger partial charge in [0.25, 0.3) is 0 Å². The second-order valence-corrected chi connectivity index (χ2v) is 7.82. The molecule has 0 saturated heterocycles. The minimum absolute atomic E-state index is 0.0445. The van der Waals surface area contributed by atoms with Crippen LogP contribution in [0.3, 0.4) is 0 Å². The molecule has 9 heteroatoms. The first-order chi connectivity index (χ1) is 14.4. The van der Waals surface area contributed by atoms with E-state index < -0.39 is 5.91 Å². The molecule has 1 aliphatic heterocycles. The van der Waals surface area contributed by atoms with E-state index in [1.54, 1.807) is 27.4 Å². The zero-order valence-corrected chi connectivity index (χ0v) is 18.3. The molecule has 0 saturated carbocycles. The minimum Gasteiger partial charge on any atom is -0.496 e. The highest BCUT2D eigenvalue weighted by Gasteiger charge is 2.28. The summed E-state index contributed by atoms with van der Waals surface area (Å²) < 4.78 is 16.5. The zero-order chi connectivity index (χ0) is 21.8. The largest absolute Gasteiger partial charge is 0.496 e. The Morgan fingerprint density at radius 2 is 1.90 bits per heavy atom. The molecular weight excluding hydrogens is 404 g/mol. The van der Waals surface area contributed by atoms with Crippen LogP contribution in [0.1, 0.15) is 16.8 Å². The van der Waals surface area contributed by atoms with Crippen LogP contribution in [0.5, 0.6) is 17.2 Å². The van der Waals surface area contributed by atoms with Crippen molar-refractivity contribution in [2.75, 3.05) is 40.7 Å². The number of hydrogen-bond acceptors (Lipinski definition) is 8. The first-order valence-electron chi connectivity index (χ1n) is 9.29. The van der Waals surface area contributed by atoms with Gasteiger partial charge in [-0.3, -0.25) is 4.79 Å². The van der Waals surface area contributed by atoms with Crippen molar-refractivity contribution < 1.29 is 19.0 Å². The predicted octanol–water partition coefficient (Wildman–Crippen LogP) is 2.21. The number of ether oxygens (including phenoxy) is 3. The van der Waals surface area contributed by atoms with Crippen LogP contribution < -0.4 is 19.9 Å². The highest BCUT2D eigenvalue weighted by molar-refractivity contribution is 8.00. The molecule has 158 valence electrons. The van der Waals surface area contributed by atoms with Gasteiger partial charge in [0.1, 0.15) is 16.8 Å². The zero-order valence-electron chi connectivity index (χ0n) is 17.4. The second kappa shape index (κ2) is 9.24. The number of likely N-dealkylation sites (N-methyl/N-ethyl adjacent to an activating group) is 1. The summed E-state index contributed by atoms with van der Waals surface area (Å²) in [5.41, 5.74) is 9.03. The number of benzene rings is 1. The third kappa shape index (κ3) is 4.15. The van der Waals surface area contributed by atoms with Gasteiger partial charge in [0.2, 0.25) is 5.91 Å². The molecule has 0 atom stereocenters. The molecule has 3 rings (SSSR count). The van der Waals surface area contributed by atoms with Crippen LogP contribution in [0.2, 0.25) is 0 Å². The average molecular weight is 429 g/mol. The maximum absolute atomic E-state index is 11.3. The molecule has 0 unspecified atom stereocenters. The molecule has 1 amide bonds. The average Bonchev–Trinajstić information content (AvgIpc) is 2.75. The number of amides is 1. The van der Waals surface area contributed by atoms with Gasteiger partial charge in [0, 0.05) is 42.4 Å². The summed E-state index contributed by atoms with van der Waals surface area (Å²) in [4.78, 5) is 18.2. The first-order valence-corrected chi connectivity index (χ1v) is 10.3. The standard InChI is InChI=1S/C21H24N4O4S/c1-25-6-5-15-14(10-25)20(13(9-22)21(24-15)30-11-19(23)26)12-7-17(28-3)18(29-4)8-16(12)27-2/h7-8H,5-6,10-11H2,1-4H3,(H2,23,26). The van der Waals surface area contributed by atoms with Crippen LogP contribution in [0.25, 0.3) is 11.1 Å². The van der Waals surface area contributed by atoms with E-state index in [0.717, 1.165) is 29.8 Å². The third-order valence-corrected chi connectivity index (χ3v) is 5.94. The number of fused-ring (bicyclic) bond motifs is 1. The van der Waals surface area contributed by atoms with Crippen LogP contribution in [0.4, 0.5) is 0 Å². The third-order valence-electron chi connectivity index (χ3n) is 4.95.